The van der Waals surface area contributed by atoms with E-state index in [2.05, 4.69) is 25.5 Å². The maximum atomic E-state index is 12.7. The third kappa shape index (κ3) is 4.45. The molecule has 0 aliphatic heterocycles. The fraction of sp³-hybridized carbons (Fsp3) is 0. The zero-order valence-electron chi connectivity index (χ0n) is 18.3. The van der Waals surface area contributed by atoms with E-state index in [1.807, 2.05) is 0 Å². The summed E-state index contributed by atoms with van der Waals surface area (Å²) in [6.45, 7) is 0. The first-order valence-electron chi connectivity index (χ1n) is 10.5. The molecular formula is C24H17N5O6S. The number of fused-ring (bicyclic) bond motifs is 2. The molecule has 0 atom stereocenters. The number of amides is 1. The van der Waals surface area contributed by atoms with E-state index >= 15 is 0 Å². The van der Waals surface area contributed by atoms with Crippen LogP contribution in [0.1, 0.15) is 10.4 Å². The zero-order valence-corrected chi connectivity index (χ0v) is 19.1. The lowest BCUT2D eigenvalue weighted by atomic mass is 10.1. The standard InChI is InChI=1S/C24H17N5O6S/c30-22-17-8-7-16(25-23(31)13-6-9-18-19(11-13)27-24(32)26-18)10-14(17)12-20(36(33,34)35)21(22)29-28-15-4-2-1-3-5-15/h1-12,30H,(H,25,31)(H2,26,27,32)(H,33,34,35). The van der Waals surface area contributed by atoms with Crippen molar-refractivity contribution in [3.05, 3.63) is 88.8 Å². The molecule has 0 spiro atoms. The van der Waals surface area contributed by atoms with Crippen LogP contribution in [0.15, 0.2) is 92.7 Å². The number of phenolic OH excluding ortho intramolecular Hbond substituents is 1. The third-order valence-corrected chi connectivity index (χ3v) is 6.25. The second kappa shape index (κ2) is 8.76. The average Bonchev–Trinajstić information content (AvgIpc) is 3.22. The van der Waals surface area contributed by atoms with Crippen molar-refractivity contribution in [2.24, 2.45) is 10.2 Å². The summed E-state index contributed by atoms with van der Waals surface area (Å²) in [6, 6.07) is 18.7. The van der Waals surface area contributed by atoms with Crippen LogP contribution < -0.4 is 11.0 Å². The average molecular weight is 503 g/mol. The molecule has 0 radical (unpaired) electrons. The summed E-state index contributed by atoms with van der Waals surface area (Å²) < 4.78 is 33.9. The molecule has 0 saturated carbocycles. The molecule has 11 nitrogen and oxygen atoms in total. The van der Waals surface area contributed by atoms with Gasteiger partial charge in [-0.25, -0.2) is 4.79 Å². The van der Waals surface area contributed by atoms with Gasteiger partial charge in [0.25, 0.3) is 16.0 Å². The first-order valence-corrected chi connectivity index (χ1v) is 11.9. The number of hydrogen-bond donors (Lipinski definition) is 5. The van der Waals surface area contributed by atoms with E-state index in [9.17, 15) is 27.7 Å². The molecule has 36 heavy (non-hydrogen) atoms. The lowest BCUT2D eigenvalue weighted by molar-refractivity contribution is 0.102. The molecule has 5 aromatic rings. The number of H-pyrrole nitrogens is 2. The van der Waals surface area contributed by atoms with Gasteiger partial charge in [0.15, 0.2) is 5.75 Å². The number of aromatic nitrogens is 2. The van der Waals surface area contributed by atoms with Crippen molar-refractivity contribution in [1.82, 2.24) is 9.97 Å². The minimum Gasteiger partial charge on any atom is -0.505 e. The van der Waals surface area contributed by atoms with Crippen LogP contribution in [-0.2, 0) is 10.1 Å². The Kier molecular flexibility index (Phi) is 5.59. The second-order valence-corrected chi connectivity index (χ2v) is 9.20. The van der Waals surface area contributed by atoms with Crippen molar-refractivity contribution in [3.63, 3.8) is 0 Å². The number of rotatable bonds is 5. The zero-order chi connectivity index (χ0) is 25.4. The van der Waals surface area contributed by atoms with Crippen molar-refractivity contribution in [2.75, 3.05) is 5.32 Å². The Morgan fingerprint density at radius 2 is 1.64 bits per heavy atom. The number of nitrogens with zero attached hydrogens (tertiary/aromatic N) is 2. The summed E-state index contributed by atoms with van der Waals surface area (Å²) in [5, 5.41) is 21.7. The fourth-order valence-corrected chi connectivity index (χ4v) is 4.36. The molecule has 12 heteroatoms. The van der Waals surface area contributed by atoms with Gasteiger partial charge in [-0.05, 0) is 60.0 Å². The highest BCUT2D eigenvalue weighted by Gasteiger charge is 2.22. The minimum atomic E-state index is -4.78. The Morgan fingerprint density at radius 3 is 2.39 bits per heavy atom. The Morgan fingerprint density at radius 1 is 0.889 bits per heavy atom. The molecule has 0 bridgehead atoms. The van der Waals surface area contributed by atoms with Crippen LogP contribution in [0.2, 0.25) is 0 Å². The molecule has 180 valence electrons. The monoisotopic (exact) mass is 503 g/mol. The highest BCUT2D eigenvalue weighted by atomic mass is 32.2. The van der Waals surface area contributed by atoms with Crippen LogP contribution in [0.5, 0.6) is 5.75 Å². The SMILES string of the molecule is O=C(Nc1ccc2c(O)c(N=Nc3ccccc3)c(S(=O)(=O)O)cc2c1)c1ccc2[nH]c(=O)[nH]c2c1. The third-order valence-electron chi connectivity index (χ3n) is 5.39. The predicted octanol–water partition coefficient (Wildman–Crippen LogP) is 4.63. The number of azo groups is 1. The van der Waals surface area contributed by atoms with Gasteiger partial charge in [0.05, 0.1) is 16.7 Å². The highest BCUT2D eigenvalue weighted by Crippen LogP contribution is 2.42. The van der Waals surface area contributed by atoms with Crippen LogP contribution in [0, 0.1) is 0 Å². The minimum absolute atomic E-state index is 0.224. The van der Waals surface area contributed by atoms with Gasteiger partial charge >= 0.3 is 5.69 Å². The lowest BCUT2D eigenvalue weighted by Crippen LogP contribution is -2.11. The second-order valence-electron chi connectivity index (χ2n) is 7.81. The Hall–Kier alpha value is -4.81. The van der Waals surface area contributed by atoms with Gasteiger partial charge in [0, 0.05) is 16.6 Å². The molecule has 4 aromatic carbocycles. The molecule has 0 saturated heterocycles. The summed E-state index contributed by atoms with van der Waals surface area (Å²) in [7, 11) is -4.78. The van der Waals surface area contributed by atoms with Crippen LogP contribution >= 0.6 is 0 Å². The van der Waals surface area contributed by atoms with E-state index in [0.29, 0.717) is 22.4 Å². The van der Waals surface area contributed by atoms with Crippen LogP contribution in [0.25, 0.3) is 21.8 Å². The van der Waals surface area contributed by atoms with Crippen LogP contribution in [-0.4, -0.2) is 34.0 Å². The van der Waals surface area contributed by atoms with E-state index in [0.717, 1.165) is 6.07 Å². The van der Waals surface area contributed by atoms with Crippen molar-refractivity contribution in [3.8, 4) is 5.75 Å². The van der Waals surface area contributed by atoms with Crippen molar-refractivity contribution in [2.45, 2.75) is 4.90 Å². The smallest absolute Gasteiger partial charge is 0.323 e. The van der Waals surface area contributed by atoms with E-state index in [-0.39, 0.29) is 16.3 Å². The molecule has 0 aliphatic rings. The number of phenols is 1. The molecule has 1 aromatic heterocycles. The van der Waals surface area contributed by atoms with Gasteiger partial charge in [-0.3, -0.25) is 9.35 Å². The number of imidazole rings is 1. The first-order chi connectivity index (χ1) is 17.2. The molecule has 0 aliphatic carbocycles. The fourth-order valence-electron chi connectivity index (χ4n) is 3.70. The van der Waals surface area contributed by atoms with Gasteiger partial charge in [-0.15, -0.1) is 5.11 Å². The van der Waals surface area contributed by atoms with Crippen molar-refractivity contribution >= 4 is 54.9 Å². The first kappa shape index (κ1) is 23.0. The maximum Gasteiger partial charge on any atom is 0.323 e. The van der Waals surface area contributed by atoms with Gasteiger partial charge in [-0.1, -0.05) is 18.2 Å². The summed E-state index contributed by atoms with van der Waals surface area (Å²) in [5.74, 6) is -0.981. The molecule has 1 amide bonds. The van der Waals surface area contributed by atoms with Gasteiger partial charge in [0.2, 0.25) is 0 Å². The van der Waals surface area contributed by atoms with Crippen molar-refractivity contribution in [1.29, 1.82) is 0 Å². The van der Waals surface area contributed by atoms with E-state index in [1.54, 1.807) is 36.4 Å². The quantitative estimate of drug-likeness (QED) is 0.172. The van der Waals surface area contributed by atoms with E-state index in [1.165, 1.54) is 30.3 Å². The Labute approximate surface area is 202 Å². The normalized spacial score (nSPS) is 11.9. The largest absolute Gasteiger partial charge is 0.505 e. The van der Waals surface area contributed by atoms with Gasteiger partial charge in [-0.2, -0.15) is 13.5 Å². The molecule has 0 unspecified atom stereocenters. The topological polar surface area (TPSA) is 177 Å². The summed E-state index contributed by atoms with van der Waals surface area (Å²) in [4.78, 5) is 28.7. The summed E-state index contributed by atoms with van der Waals surface area (Å²) in [5.41, 5.74) is 1.19. The van der Waals surface area contributed by atoms with Crippen LogP contribution in [0.3, 0.4) is 0 Å². The number of aromatic amines is 2. The van der Waals surface area contributed by atoms with E-state index in [4.69, 9.17) is 0 Å². The predicted molar refractivity (Wildman–Crippen MR) is 133 cm³/mol. The summed E-state index contributed by atoms with van der Waals surface area (Å²) >= 11 is 0. The van der Waals surface area contributed by atoms with Gasteiger partial charge < -0.3 is 20.4 Å². The number of anilines is 1. The number of benzene rings is 4. The van der Waals surface area contributed by atoms with Gasteiger partial charge in [0.1, 0.15) is 10.6 Å². The number of hydrogen-bond acceptors (Lipinski definition) is 7. The summed E-state index contributed by atoms with van der Waals surface area (Å²) in [6.07, 6.45) is 0. The highest BCUT2D eigenvalue weighted by molar-refractivity contribution is 7.86. The molecule has 5 rings (SSSR count). The van der Waals surface area contributed by atoms with Crippen molar-refractivity contribution < 1.29 is 22.9 Å². The number of aromatic hydroxyl groups is 1. The maximum absolute atomic E-state index is 12.7. The Bertz CT molecular complexity index is 1840. The number of nitrogens with one attached hydrogen (secondary N) is 3. The Balaban J connectivity index is 1.52. The lowest BCUT2D eigenvalue weighted by Gasteiger charge is -2.11. The molecule has 0 fully saturated rings. The number of carbonyl (C=O) groups is 1. The molecule has 5 N–H and O–H groups in total. The molecular weight excluding hydrogens is 486 g/mol. The van der Waals surface area contributed by atoms with Crippen LogP contribution in [0.4, 0.5) is 17.1 Å². The molecule has 1 heterocycles. The number of carbonyl (C=O) groups excluding carboxylic acids is 1. The van der Waals surface area contributed by atoms with E-state index < -0.39 is 38.0 Å².